The van der Waals surface area contributed by atoms with Crippen LogP contribution in [-0.4, -0.2) is 55.6 Å². The Hall–Kier alpha value is -2.19. The van der Waals surface area contributed by atoms with Crippen molar-refractivity contribution in [2.24, 2.45) is 23.2 Å². The van der Waals surface area contributed by atoms with Gasteiger partial charge in [-0.15, -0.1) is 0 Å². The molecule has 1 aromatic rings. The average molecular weight is 472 g/mol. The first-order valence-corrected chi connectivity index (χ1v) is 13.5. The Balaban J connectivity index is 1.26. The van der Waals surface area contributed by atoms with Gasteiger partial charge in [-0.05, 0) is 93.0 Å². The summed E-state index contributed by atoms with van der Waals surface area (Å²) < 4.78 is 28.1. The number of hydrogen-bond donors (Lipinski definition) is 1. The van der Waals surface area contributed by atoms with Crippen LogP contribution in [0.3, 0.4) is 0 Å². The zero-order valence-corrected chi connectivity index (χ0v) is 20.1. The highest BCUT2D eigenvalue weighted by Crippen LogP contribution is 2.60. The number of nitrogens with one attached hydrogen (secondary N) is 1. The molecule has 4 saturated carbocycles. The second-order valence-corrected chi connectivity index (χ2v) is 12.5. The van der Waals surface area contributed by atoms with Gasteiger partial charge in [0, 0.05) is 31.9 Å². The molecule has 8 heteroatoms. The summed E-state index contributed by atoms with van der Waals surface area (Å²) in [5, 5.41) is 2.65. The monoisotopic (exact) mass is 471 g/mol. The van der Waals surface area contributed by atoms with Crippen LogP contribution >= 0.6 is 0 Å². The quantitative estimate of drug-likeness (QED) is 0.669. The number of rotatable bonds is 5. The van der Waals surface area contributed by atoms with E-state index in [1.807, 2.05) is 4.90 Å². The van der Waals surface area contributed by atoms with Crippen LogP contribution in [0.2, 0.25) is 0 Å². The normalized spacial score (nSPS) is 31.4. The summed E-state index contributed by atoms with van der Waals surface area (Å²) >= 11 is 0. The van der Waals surface area contributed by atoms with E-state index in [1.165, 1.54) is 35.7 Å². The minimum absolute atomic E-state index is 0.182. The summed E-state index contributed by atoms with van der Waals surface area (Å²) in [5.74, 6) is 2.07. The standard InChI is InChI=1S/C25H33N3O4S/c1-3-23(29)26-21-4-5-22(17(2)10-21)33(31,32)28-8-6-27(7-9-28)24(30)25-14-18-11-19(15-25)13-20(12-18)16-25/h3-5,10,18-20H,1,6-9,11-16H2,2H3,(H,26,29). The van der Waals surface area contributed by atoms with Gasteiger partial charge in [-0.3, -0.25) is 9.59 Å². The molecule has 5 aliphatic rings. The molecule has 7 nitrogen and oxygen atoms in total. The van der Waals surface area contributed by atoms with Crippen molar-refractivity contribution >= 4 is 27.5 Å². The van der Waals surface area contributed by atoms with E-state index in [-0.39, 0.29) is 22.1 Å². The minimum atomic E-state index is -3.68. The lowest BCUT2D eigenvalue weighted by atomic mass is 9.49. The number of piperazine rings is 1. The largest absolute Gasteiger partial charge is 0.340 e. The van der Waals surface area contributed by atoms with E-state index in [9.17, 15) is 18.0 Å². The second-order valence-electron chi connectivity index (χ2n) is 10.6. The van der Waals surface area contributed by atoms with Crippen molar-refractivity contribution in [1.82, 2.24) is 9.21 Å². The smallest absolute Gasteiger partial charge is 0.247 e. The maximum absolute atomic E-state index is 13.6. The van der Waals surface area contributed by atoms with Gasteiger partial charge in [0.05, 0.1) is 10.3 Å². The summed E-state index contributed by atoms with van der Waals surface area (Å²) in [6.07, 6.45) is 8.17. The van der Waals surface area contributed by atoms with Crippen LogP contribution in [0, 0.1) is 30.1 Å². The third kappa shape index (κ3) is 4.01. The van der Waals surface area contributed by atoms with Crippen molar-refractivity contribution in [3.63, 3.8) is 0 Å². The van der Waals surface area contributed by atoms with Crippen molar-refractivity contribution in [2.75, 3.05) is 31.5 Å². The summed E-state index contributed by atoms with van der Waals surface area (Å²) in [6, 6.07) is 4.78. The van der Waals surface area contributed by atoms with Crippen molar-refractivity contribution in [1.29, 1.82) is 0 Å². The first-order valence-electron chi connectivity index (χ1n) is 12.0. The zero-order chi connectivity index (χ0) is 23.4. The molecular weight excluding hydrogens is 438 g/mol. The van der Waals surface area contributed by atoms with Gasteiger partial charge in [0.15, 0.2) is 0 Å². The molecule has 33 heavy (non-hydrogen) atoms. The number of amides is 2. The fraction of sp³-hybridized carbons (Fsp3) is 0.600. The van der Waals surface area contributed by atoms with Crippen LogP contribution in [0.4, 0.5) is 5.69 Å². The fourth-order valence-electron chi connectivity index (χ4n) is 7.19. The fourth-order valence-corrected chi connectivity index (χ4v) is 8.82. The Morgan fingerprint density at radius 3 is 2.12 bits per heavy atom. The molecule has 0 radical (unpaired) electrons. The summed E-state index contributed by atoms with van der Waals surface area (Å²) in [4.78, 5) is 27.3. The van der Waals surface area contributed by atoms with Gasteiger partial charge in [-0.2, -0.15) is 4.31 Å². The molecule has 178 valence electrons. The molecule has 1 aliphatic heterocycles. The van der Waals surface area contributed by atoms with Crippen LogP contribution in [0.1, 0.15) is 44.1 Å². The number of nitrogens with zero attached hydrogens (tertiary/aromatic N) is 2. The van der Waals surface area contributed by atoms with Crippen LogP contribution < -0.4 is 5.32 Å². The molecule has 1 saturated heterocycles. The van der Waals surface area contributed by atoms with Crippen molar-refractivity contribution in [3.8, 4) is 0 Å². The molecule has 0 spiro atoms. The maximum atomic E-state index is 13.6. The molecule has 0 unspecified atom stereocenters. The first kappa shape index (κ1) is 22.6. The summed E-state index contributed by atoms with van der Waals surface area (Å²) in [5.41, 5.74) is 0.921. The Bertz CT molecular complexity index is 1050. The molecule has 0 atom stereocenters. The van der Waals surface area contributed by atoms with Gasteiger partial charge in [0.25, 0.3) is 0 Å². The van der Waals surface area contributed by atoms with E-state index in [4.69, 9.17) is 0 Å². The van der Waals surface area contributed by atoms with Gasteiger partial charge in [-0.1, -0.05) is 6.58 Å². The molecule has 4 aliphatic carbocycles. The molecule has 1 heterocycles. The molecule has 0 aromatic heterocycles. The van der Waals surface area contributed by atoms with Crippen molar-refractivity contribution in [2.45, 2.75) is 50.3 Å². The lowest BCUT2D eigenvalue weighted by molar-refractivity contribution is -0.158. The summed E-state index contributed by atoms with van der Waals surface area (Å²) in [7, 11) is -3.68. The van der Waals surface area contributed by atoms with E-state index in [0.29, 0.717) is 55.2 Å². The Labute approximate surface area is 196 Å². The predicted octanol–water partition coefficient (Wildman–Crippen LogP) is 3.17. The highest BCUT2D eigenvalue weighted by Gasteiger charge is 2.55. The number of sulfonamides is 1. The van der Waals surface area contributed by atoms with Crippen LogP contribution in [0.5, 0.6) is 0 Å². The third-order valence-corrected chi connectivity index (χ3v) is 10.3. The van der Waals surface area contributed by atoms with Crippen molar-refractivity contribution < 1.29 is 18.0 Å². The lowest BCUT2D eigenvalue weighted by Gasteiger charge is -2.57. The number of carbonyl (C=O) groups is 2. The van der Waals surface area contributed by atoms with Gasteiger partial charge in [0.2, 0.25) is 21.8 Å². The van der Waals surface area contributed by atoms with Gasteiger partial charge < -0.3 is 10.2 Å². The van der Waals surface area contributed by atoms with Crippen LogP contribution in [0.25, 0.3) is 0 Å². The second kappa shape index (κ2) is 8.24. The number of carbonyl (C=O) groups excluding carboxylic acids is 2. The Morgan fingerprint density at radius 1 is 1.03 bits per heavy atom. The van der Waals surface area contributed by atoms with Gasteiger partial charge in [0.1, 0.15) is 0 Å². The van der Waals surface area contributed by atoms with E-state index < -0.39 is 10.0 Å². The van der Waals surface area contributed by atoms with E-state index in [0.717, 1.165) is 19.3 Å². The molecule has 4 bridgehead atoms. The highest BCUT2D eigenvalue weighted by molar-refractivity contribution is 7.89. The molecule has 2 amide bonds. The minimum Gasteiger partial charge on any atom is -0.340 e. The molecule has 1 N–H and O–H groups in total. The molecular formula is C25H33N3O4S. The van der Waals surface area contributed by atoms with Crippen LogP contribution in [0.15, 0.2) is 35.7 Å². The number of benzene rings is 1. The molecule has 6 rings (SSSR count). The molecule has 1 aromatic carbocycles. The third-order valence-electron chi connectivity index (χ3n) is 8.26. The highest BCUT2D eigenvalue weighted by atomic mass is 32.2. The predicted molar refractivity (Wildman–Crippen MR) is 126 cm³/mol. The summed E-state index contributed by atoms with van der Waals surface area (Å²) in [6.45, 7) is 6.68. The Kier molecular flexibility index (Phi) is 5.64. The average Bonchev–Trinajstić information content (AvgIpc) is 2.77. The lowest BCUT2D eigenvalue weighted by Crippen LogP contribution is -2.58. The Morgan fingerprint density at radius 2 is 1.61 bits per heavy atom. The number of hydrogen-bond acceptors (Lipinski definition) is 4. The van der Waals surface area contributed by atoms with E-state index in [2.05, 4.69) is 11.9 Å². The van der Waals surface area contributed by atoms with Crippen LogP contribution in [-0.2, 0) is 19.6 Å². The van der Waals surface area contributed by atoms with Gasteiger partial charge >= 0.3 is 0 Å². The van der Waals surface area contributed by atoms with E-state index >= 15 is 0 Å². The number of anilines is 1. The topological polar surface area (TPSA) is 86.8 Å². The zero-order valence-electron chi connectivity index (χ0n) is 19.3. The SMILES string of the molecule is C=CC(=O)Nc1ccc(S(=O)(=O)N2CCN(C(=O)C34CC5CC(CC(C5)C3)C4)CC2)c(C)c1. The molecule has 5 fully saturated rings. The first-order chi connectivity index (χ1) is 15.7. The number of aryl methyl sites for hydroxylation is 1. The van der Waals surface area contributed by atoms with Gasteiger partial charge in [-0.25, -0.2) is 8.42 Å². The maximum Gasteiger partial charge on any atom is 0.247 e. The van der Waals surface area contributed by atoms with E-state index in [1.54, 1.807) is 19.1 Å². The van der Waals surface area contributed by atoms with Crippen molar-refractivity contribution in [3.05, 3.63) is 36.4 Å².